The zero-order valence-electron chi connectivity index (χ0n) is 12.4. The molecule has 112 valence electrons. The fourth-order valence-electron chi connectivity index (χ4n) is 2.76. The molecule has 5 heteroatoms. The third kappa shape index (κ3) is 3.45. The van der Waals surface area contributed by atoms with E-state index < -0.39 is 9.84 Å². The molecule has 3 N–H and O–H groups in total. The smallest absolute Gasteiger partial charge is 0.177 e. The SMILES string of the molecule is CC1(C)CCC(Nc2cccc(S(C)(=O)=O)c2N)CC1. The normalized spacial score (nSPS) is 19.8. The van der Waals surface area contributed by atoms with Crippen LogP contribution in [0.25, 0.3) is 0 Å². The highest BCUT2D eigenvalue weighted by molar-refractivity contribution is 7.90. The molecule has 0 aromatic heterocycles. The number of rotatable bonds is 3. The quantitative estimate of drug-likeness (QED) is 0.841. The Labute approximate surface area is 121 Å². The minimum Gasteiger partial charge on any atom is -0.396 e. The first-order valence-corrected chi connectivity index (χ1v) is 8.93. The molecule has 4 nitrogen and oxygen atoms in total. The van der Waals surface area contributed by atoms with Gasteiger partial charge in [0.05, 0.1) is 16.3 Å². The summed E-state index contributed by atoms with van der Waals surface area (Å²) < 4.78 is 23.4. The van der Waals surface area contributed by atoms with Crippen molar-refractivity contribution in [1.29, 1.82) is 0 Å². The lowest BCUT2D eigenvalue weighted by Crippen LogP contribution is -2.30. The summed E-state index contributed by atoms with van der Waals surface area (Å²) >= 11 is 0. The number of nitrogen functional groups attached to an aromatic ring is 1. The van der Waals surface area contributed by atoms with Crippen molar-refractivity contribution in [3.05, 3.63) is 18.2 Å². The van der Waals surface area contributed by atoms with Crippen LogP contribution >= 0.6 is 0 Å². The Kier molecular flexibility index (Phi) is 4.00. The molecule has 0 spiro atoms. The van der Waals surface area contributed by atoms with Gasteiger partial charge in [-0.05, 0) is 43.2 Å². The lowest BCUT2D eigenvalue weighted by Gasteiger charge is -2.35. The Morgan fingerprint density at radius 2 is 1.85 bits per heavy atom. The Bertz CT molecular complexity index is 584. The molecule has 20 heavy (non-hydrogen) atoms. The third-order valence-electron chi connectivity index (χ3n) is 4.16. The van der Waals surface area contributed by atoms with Crippen molar-refractivity contribution in [2.75, 3.05) is 17.3 Å². The van der Waals surface area contributed by atoms with E-state index in [2.05, 4.69) is 19.2 Å². The summed E-state index contributed by atoms with van der Waals surface area (Å²) in [5.74, 6) is 0. The molecule has 1 aliphatic carbocycles. The van der Waals surface area contributed by atoms with Gasteiger partial charge in [-0.25, -0.2) is 8.42 Å². The van der Waals surface area contributed by atoms with Gasteiger partial charge in [-0.1, -0.05) is 19.9 Å². The van der Waals surface area contributed by atoms with Gasteiger partial charge in [-0.2, -0.15) is 0 Å². The van der Waals surface area contributed by atoms with Crippen molar-refractivity contribution >= 4 is 21.2 Å². The summed E-state index contributed by atoms with van der Waals surface area (Å²) in [7, 11) is -3.28. The molecule has 0 unspecified atom stereocenters. The number of anilines is 2. The molecule has 1 aliphatic rings. The number of hydrogen-bond acceptors (Lipinski definition) is 4. The van der Waals surface area contributed by atoms with E-state index in [1.54, 1.807) is 12.1 Å². The van der Waals surface area contributed by atoms with Gasteiger partial charge in [-0.3, -0.25) is 0 Å². The Morgan fingerprint density at radius 3 is 2.40 bits per heavy atom. The molecule has 0 bridgehead atoms. The Hall–Kier alpha value is -1.23. The molecular weight excluding hydrogens is 272 g/mol. The summed E-state index contributed by atoms with van der Waals surface area (Å²) in [6.07, 6.45) is 5.73. The van der Waals surface area contributed by atoms with Gasteiger partial charge in [0.15, 0.2) is 9.84 Å². The highest BCUT2D eigenvalue weighted by Gasteiger charge is 2.27. The first-order chi connectivity index (χ1) is 9.19. The van der Waals surface area contributed by atoms with Gasteiger partial charge in [0, 0.05) is 12.3 Å². The van der Waals surface area contributed by atoms with Crippen LogP contribution in [0.4, 0.5) is 11.4 Å². The molecule has 1 fully saturated rings. The van der Waals surface area contributed by atoms with E-state index >= 15 is 0 Å². The standard InChI is InChI=1S/C15H24N2O2S/c1-15(2)9-7-11(8-10-15)17-12-5-4-6-13(14(12)16)20(3,18)19/h4-6,11,17H,7-10,16H2,1-3H3. The highest BCUT2D eigenvalue weighted by atomic mass is 32.2. The second-order valence-electron chi connectivity index (χ2n) is 6.57. The van der Waals surface area contributed by atoms with Gasteiger partial charge in [0.1, 0.15) is 0 Å². The van der Waals surface area contributed by atoms with E-state index in [9.17, 15) is 8.42 Å². The van der Waals surface area contributed by atoms with Crippen LogP contribution in [0, 0.1) is 5.41 Å². The largest absolute Gasteiger partial charge is 0.396 e. The minimum atomic E-state index is -3.28. The number of nitrogens with two attached hydrogens (primary N) is 1. The van der Waals surface area contributed by atoms with Crippen molar-refractivity contribution in [2.45, 2.75) is 50.5 Å². The van der Waals surface area contributed by atoms with Crippen molar-refractivity contribution in [3.63, 3.8) is 0 Å². The van der Waals surface area contributed by atoms with Crippen LogP contribution in [0.5, 0.6) is 0 Å². The summed E-state index contributed by atoms with van der Waals surface area (Å²) in [4.78, 5) is 0.207. The van der Waals surface area contributed by atoms with Crippen molar-refractivity contribution in [1.82, 2.24) is 0 Å². The minimum absolute atomic E-state index is 0.207. The Morgan fingerprint density at radius 1 is 1.25 bits per heavy atom. The monoisotopic (exact) mass is 296 g/mol. The van der Waals surface area contributed by atoms with Crippen LogP contribution in [-0.4, -0.2) is 20.7 Å². The zero-order valence-corrected chi connectivity index (χ0v) is 13.3. The highest BCUT2D eigenvalue weighted by Crippen LogP contribution is 2.37. The number of sulfone groups is 1. The molecule has 0 aliphatic heterocycles. The maximum Gasteiger partial charge on any atom is 0.177 e. The lowest BCUT2D eigenvalue weighted by molar-refractivity contribution is 0.232. The first kappa shape index (κ1) is 15.2. The predicted octanol–water partition coefficient (Wildman–Crippen LogP) is 3.05. The van der Waals surface area contributed by atoms with Gasteiger partial charge < -0.3 is 11.1 Å². The van der Waals surface area contributed by atoms with Gasteiger partial charge >= 0.3 is 0 Å². The molecule has 1 saturated carbocycles. The third-order valence-corrected chi connectivity index (χ3v) is 5.32. The van der Waals surface area contributed by atoms with E-state index in [0.29, 0.717) is 17.1 Å². The lowest BCUT2D eigenvalue weighted by atomic mass is 9.75. The van der Waals surface area contributed by atoms with E-state index in [0.717, 1.165) is 18.5 Å². The molecule has 0 amide bonds. The average Bonchev–Trinajstić information content (AvgIpc) is 2.33. The van der Waals surface area contributed by atoms with E-state index in [1.165, 1.54) is 19.1 Å². The van der Waals surface area contributed by atoms with E-state index in [4.69, 9.17) is 5.73 Å². The number of benzene rings is 1. The molecule has 0 atom stereocenters. The zero-order chi connectivity index (χ0) is 15.0. The molecule has 1 aromatic carbocycles. The molecule has 1 aromatic rings. The maximum absolute atomic E-state index is 11.7. The molecule has 2 rings (SSSR count). The maximum atomic E-state index is 11.7. The van der Waals surface area contributed by atoms with Crippen molar-refractivity contribution < 1.29 is 8.42 Å². The van der Waals surface area contributed by atoms with Crippen LogP contribution in [-0.2, 0) is 9.84 Å². The summed E-state index contributed by atoms with van der Waals surface area (Å²) in [6, 6.07) is 5.52. The summed E-state index contributed by atoms with van der Waals surface area (Å²) in [5, 5.41) is 3.41. The van der Waals surface area contributed by atoms with Crippen LogP contribution in [0.2, 0.25) is 0 Å². The molecule has 0 heterocycles. The second kappa shape index (κ2) is 5.28. The summed E-state index contributed by atoms with van der Waals surface area (Å²) in [6.45, 7) is 4.59. The van der Waals surface area contributed by atoms with Crippen molar-refractivity contribution in [3.8, 4) is 0 Å². The number of nitrogens with one attached hydrogen (secondary N) is 1. The second-order valence-corrected chi connectivity index (χ2v) is 8.56. The van der Waals surface area contributed by atoms with Gasteiger partial charge in [0.25, 0.3) is 0 Å². The van der Waals surface area contributed by atoms with Gasteiger partial charge in [-0.15, -0.1) is 0 Å². The molecule has 0 radical (unpaired) electrons. The van der Waals surface area contributed by atoms with Crippen LogP contribution in [0.15, 0.2) is 23.1 Å². The first-order valence-electron chi connectivity index (χ1n) is 7.04. The predicted molar refractivity (Wildman–Crippen MR) is 83.6 cm³/mol. The van der Waals surface area contributed by atoms with E-state index in [1.807, 2.05) is 6.07 Å². The number of para-hydroxylation sites is 1. The summed E-state index contributed by atoms with van der Waals surface area (Å²) in [5.41, 5.74) is 7.48. The topological polar surface area (TPSA) is 72.2 Å². The van der Waals surface area contributed by atoms with Crippen LogP contribution < -0.4 is 11.1 Å². The van der Waals surface area contributed by atoms with Gasteiger partial charge in [0.2, 0.25) is 0 Å². The van der Waals surface area contributed by atoms with Crippen LogP contribution in [0.3, 0.4) is 0 Å². The number of hydrogen-bond donors (Lipinski definition) is 2. The average molecular weight is 296 g/mol. The molecular formula is C15H24N2O2S. The van der Waals surface area contributed by atoms with Crippen LogP contribution in [0.1, 0.15) is 39.5 Å². The fraction of sp³-hybridized carbons (Fsp3) is 0.600. The Balaban J connectivity index is 2.15. The van der Waals surface area contributed by atoms with Crippen molar-refractivity contribution in [2.24, 2.45) is 5.41 Å². The molecule has 0 saturated heterocycles. The fourth-order valence-corrected chi connectivity index (χ4v) is 3.59. The van der Waals surface area contributed by atoms with E-state index in [-0.39, 0.29) is 4.90 Å².